The van der Waals surface area contributed by atoms with Crippen molar-refractivity contribution >= 4 is 39.2 Å². The van der Waals surface area contributed by atoms with Gasteiger partial charge in [0, 0.05) is 30.5 Å². The Kier molecular flexibility index (Phi) is 6.54. The summed E-state index contributed by atoms with van der Waals surface area (Å²) in [5.41, 5.74) is 1.49. The van der Waals surface area contributed by atoms with Crippen molar-refractivity contribution in [2.75, 3.05) is 18.5 Å². The van der Waals surface area contributed by atoms with Crippen molar-refractivity contribution in [1.82, 2.24) is 8.87 Å². The molecule has 1 aliphatic heterocycles. The number of rotatable bonds is 6. The van der Waals surface area contributed by atoms with Crippen LogP contribution in [0.1, 0.15) is 35.8 Å². The van der Waals surface area contributed by atoms with Gasteiger partial charge in [0.25, 0.3) is 0 Å². The third-order valence-corrected chi connectivity index (χ3v) is 7.14. The molecule has 0 spiro atoms. The monoisotopic (exact) mass is 453 g/mol. The number of carbonyl (C=O) groups excluding carboxylic acids is 2. The number of benzene rings is 1. The highest BCUT2D eigenvalue weighted by Gasteiger charge is 2.40. The van der Waals surface area contributed by atoms with E-state index >= 15 is 0 Å². The number of halogens is 1. The molecule has 1 aliphatic rings. The number of sulfonamides is 1. The number of nitrogens with one attached hydrogen (secondary N) is 1. The number of carbonyl (C=O) groups is 2. The molecule has 1 amide bonds. The van der Waals surface area contributed by atoms with E-state index < -0.39 is 27.9 Å². The maximum absolute atomic E-state index is 13.2. The van der Waals surface area contributed by atoms with Gasteiger partial charge in [0.1, 0.15) is 16.6 Å². The molecule has 0 radical (unpaired) electrons. The molecule has 1 saturated heterocycles. The fourth-order valence-electron chi connectivity index (χ4n) is 3.45. The molecule has 1 aromatic heterocycles. The second-order valence-corrected chi connectivity index (χ2v) is 9.44. The van der Waals surface area contributed by atoms with Gasteiger partial charge in [-0.05, 0) is 50.5 Å². The maximum atomic E-state index is 13.2. The van der Waals surface area contributed by atoms with Crippen LogP contribution >= 0.6 is 11.6 Å². The first kappa shape index (κ1) is 22.3. The Balaban J connectivity index is 1.85. The van der Waals surface area contributed by atoms with Gasteiger partial charge < -0.3 is 14.6 Å². The minimum Gasteiger partial charge on any atom is -0.461 e. The van der Waals surface area contributed by atoms with Gasteiger partial charge in [-0.15, -0.1) is 0 Å². The molecular formula is C20H24ClN3O5S. The average Bonchev–Trinajstić information content (AvgIpc) is 3.32. The lowest BCUT2D eigenvalue weighted by Crippen LogP contribution is -2.43. The Morgan fingerprint density at radius 2 is 2.03 bits per heavy atom. The first-order valence-electron chi connectivity index (χ1n) is 9.57. The number of anilines is 1. The lowest BCUT2D eigenvalue weighted by atomic mass is 10.1. The molecule has 10 heteroatoms. The highest BCUT2D eigenvalue weighted by molar-refractivity contribution is 7.89. The molecule has 1 unspecified atom stereocenters. The second kappa shape index (κ2) is 8.79. The van der Waals surface area contributed by atoms with Crippen molar-refractivity contribution < 1.29 is 22.7 Å². The predicted octanol–water partition coefficient (Wildman–Crippen LogP) is 2.96. The number of aromatic nitrogens is 1. The number of aryl methyl sites for hydroxylation is 2. The minimum absolute atomic E-state index is 0.0494. The van der Waals surface area contributed by atoms with Crippen LogP contribution in [0.2, 0.25) is 5.02 Å². The Bertz CT molecular complexity index is 1080. The van der Waals surface area contributed by atoms with E-state index in [1.54, 1.807) is 32.2 Å². The molecule has 1 aromatic carbocycles. The molecule has 8 nitrogen and oxygen atoms in total. The molecule has 2 heterocycles. The van der Waals surface area contributed by atoms with Gasteiger partial charge in [-0.25, -0.2) is 13.2 Å². The lowest BCUT2D eigenvalue weighted by Gasteiger charge is -2.23. The van der Waals surface area contributed by atoms with Gasteiger partial charge in [-0.1, -0.05) is 17.7 Å². The summed E-state index contributed by atoms with van der Waals surface area (Å²) in [5.74, 6) is -1.02. The van der Waals surface area contributed by atoms with E-state index in [0.717, 1.165) is 5.56 Å². The van der Waals surface area contributed by atoms with E-state index in [2.05, 4.69) is 5.32 Å². The number of hydrogen-bond donors (Lipinski definition) is 1. The normalized spacial score (nSPS) is 17.1. The van der Waals surface area contributed by atoms with Gasteiger partial charge in [-0.3, -0.25) is 4.79 Å². The Morgan fingerprint density at radius 3 is 2.73 bits per heavy atom. The van der Waals surface area contributed by atoms with Crippen LogP contribution < -0.4 is 5.32 Å². The van der Waals surface area contributed by atoms with Crippen LogP contribution in [-0.2, 0) is 26.6 Å². The zero-order valence-corrected chi connectivity index (χ0v) is 18.6. The lowest BCUT2D eigenvalue weighted by molar-refractivity contribution is -0.119. The van der Waals surface area contributed by atoms with Gasteiger partial charge in [0.15, 0.2) is 0 Å². The predicted molar refractivity (Wildman–Crippen MR) is 113 cm³/mol. The number of hydrogen-bond acceptors (Lipinski definition) is 5. The molecule has 162 valence electrons. The van der Waals surface area contributed by atoms with Crippen LogP contribution in [0.5, 0.6) is 0 Å². The molecule has 30 heavy (non-hydrogen) atoms. The molecule has 1 N–H and O–H groups in total. The molecule has 0 saturated carbocycles. The van der Waals surface area contributed by atoms with E-state index in [-0.39, 0.29) is 23.7 Å². The number of esters is 1. The van der Waals surface area contributed by atoms with E-state index in [1.807, 2.05) is 6.92 Å². The summed E-state index contributed by atoms with van der Waals surface area (Å²) in [4.78, 5) is 24.9. The minimum atomic E-state index is -3.98. The van der Waals surface area contributed by atoms with Crippen molar-refractivity contribution in [3.05, 3.63) is 46.7 Å². The van der Waals surface area contributed by atoms with Crippen LogP contribution in [0, 0.1) is 6.92 Å². The fraction of sp³-hybridized carbons (Fsp3) is 0.400. The maximum Gasteiger partial charge on any atom is 0.354 e. The van der Waals surface area contributed by atoms with Crippen LogP contribution in [0.3, 0.4) is 0 Å². The fourth-order valence-corrected chi connectivity index (χ4v) is 5.35. The SMILES string of the molecule is CCOC(=O)c1cc(S(=O)(=O)N2CCCC2C(=O)Nc2cc(Cl)ccc2C)cn1C. The van der Waals surface area contributed by atoms with Gasteiger partial charge in [0.2, 0.25) is 15.9 Å². The van der Waals surface area contributed by atoms with E-state index in [0.29, 0.717) is 23.6 Å². The summed E-state index contributed by atoms with van der Waals surface area (Å²) >= 11 is 6.01. The summed E-state index contributed by atoms with van der Waals surface area (Å²) in [6, 6.07) is 5.56. The van der Waals surface area contributed by atoms with Crippen LogP contribution in [-0.4, -0.2) is 48.4 Å². The summed E-state index contributed by atoms with van der Waals surface area (Å²) in [6.07, 6.45) is 2.32. The first-order chi connectivity index (χ1) is 14.1. The first-order valence-corrected chi connectivity index (χ1v) is 11.4. The van der Waals surface area contributed by atoms with Crippen molar-refractivity contribution in [1.29, 1.82) is 0 Å². The Labute approximate surface area is 180 Å². The molecule has 0 bridgehead atoms. The highest BCUT2D eigenvalue weighted by atomic mass is 35.5. The number of amides is 1. The van der Waals surface area contributed by atoms with Crippen LogP contribution in [0.4, 0.5) is 5.69 Å². The Hall–Kier alpha value is -2.36. The third-order valence-electron chi connectivity index (χ3n) is 5.03. The second-order valence-electron chi connectivity index (χ2n) is 7.11. The average molecular weight is 454 g/mol. The Morgan fingerprint density at radius 1 is 1.30 bits per heavy atom. The smallest absolute Gasteiger partial charge is 0.354 e. The molecule has 0 aliphatic carbocycles. The van der Waals surface area contributed by atoms with Gasteiger partial charge in [0.05, 0.1) is 6.61 Å². The summed E-state index contributed by atoms with van der Waals surface area (Å²) < 4.78 is 34.0. The standard InChI is InChI=1S/C20H24ClN3O5S/c1-4-29-20(26)18-11-15(12-23(18)3)30(27,28)24-9-5-6-17(24)19(25)22-16-10-14(21)8-7-13(16)2/h7-8,10-12,17H,4-6,9H2,1-3H3,(H,22,25). The van der Waals surface area contributed by atoms with Crippen molar-refractivity contribution in [2.45, 2.75) is 37.6 Å². The molecule has 3 rings (SSSR count). The van der Waals surface area contributed by atoms with Gasteiger partial charge >= 0.3 is 5.97 Å². The van der Waals surface area contributed by atoms with Crippen LogP contribution in [0.25, 0.3) is 0 Å². The summed E-state index contributed by atoms with van der Waals surface area (Å²) in [5, 5.41) is 3.26. The summed E-state index contributed by atoms with van der Waals surface area (Å²) in [7, 11) is -2.40. The highest BCUT2D eigenvalue weighted by Crippen LogP contribution is 2.29. The van der Waals surface area contributed by atoms with Gasteiger partial charge in [-0.2, -0.15) is 4.31 Å². The molecule has 2 aromatic rings. The van der Waals surface area contributed by atoms with Crippen molar-refractivity contribution in [3.63, 3.8) is 0 Å². The third kappa shape index (κ3) is 4.38. The van der Waals surface area contributed by atoms with Crippen LogP contribution in [0.15, 0.2) is 35.4 Å². The van der Waals surface area contributed by atoms with Crippen molar-refractivity contribution in [2.24, 2.45) is 7.05 Å². The van der Waals surface area contributed by atoms with E-state index in [9.17, 15) is 18.0 Å². The van der Waals surface area contributed by atoms with Crippen molar-refractivity contribution in [3.8, 4) is 0 Å². The quantitative estimate of drug-likeness (QED) is 0.678. The van der Waals surface area contributed by atoms with E-state index in [1.165, 1.54) is 21.1 Å². The molecular weight excluding hydrogens is 430 g/mol. The van der Waals surface area contributed by atoms with E-state index in [4.69, 9.17) is 16.3 Å². The topological polar surface area (TPSA) is 97.7 Å². The zero-order chi connectivity index (χ0) is 22.1. The number of nitrogens with zero attached hydrogens (tertiary/aromatic N) is 2. The zero-order valence-electron chi connectivity index (χ0n) is 17.0. The molecule has 1 fully saturated rings. The summed E-state index contributed by atoms with van der Waals surface area (Å²) in [6.45, 7) is 3.91. The number of ether oxygens (including phenoxy) is 1. The largest absolute Gasteiger partial charge is 0.461 e. The molecule has 1 atom stereocenters.